The van der Waals surface area contributed by atoms with Crippen molar-refractivity contribution in [3.63, 3.8) is 0 Å². The summed E-state index contributed by atoms with van der Waals surface area (Å²) in [5.41, 5.74) is 3.40. The molecule has 8 heteroatoms. The number of fused-ring (bicyclic) bond motifs is 1. The average Bonchev–Trinajstić information content (AvgIpc) is 3.18. The molecule has 0 unspecified atom stereocenters. The van der Waals surface area contributed by atoms with Crippen LogP contribution in [0, 0.1) is 32.4 Å². The Bertz CT molecular complexity index is 950. The van der Waals surface area contributed by atoms with Gasteiger partial charge < -0.3 is 4.74 Å². The Labute approximate surface area is 167 Å². The van der Waals surface area contributed by atoms with Crippen molar-refractivity contribution in [1.29, 1.82) is 0 Å². The van der Waals surface area contributed by atoms with Gasteiger partial charge in [0.2, 0.25) is 17.7 Å². The highest BCUT2D eigenvalue weighted by molar-refractivity contribution is 6.29. The number of aromatic nitrogens is 2. The maximum Gasteiger partial charge on any atom is 0.244 e. The fourth-order valence-electron chi connectivity index (χ4n) is 3.61. The molecular formula is C20H22ClF2N3O2. The highest BCUT2D eigenvalue weighted by Gasteiger charge is 2.28. The van der Waals surface area contributed by atoms with Gasteiger partial charge in [-0.25, -0.2) is 13.8 Å². The van der Waals surface area contributed by atoms with Crippen molar-refractivity contribution in [1.82, 2.24) is 9.97 Å². The maximum atomic E-state index is 14.8. The Morgan fingerprint density at radius 1 is 1.11 bits per heavy atom. The second-order valence-electron chi connectivity index (χ2n) is 6.90. The highest BCUT2D eigenvalue weighted by atomic mass is 35.5. The van der Waals surface area contributed by atoms with Crippen LogP contribution in [0.4, 0.5) is 14.7 Å². The number of ether oxygens (including phenoxy) is 1. The number of carbonyl (C=O) groups is 1. The first-order valence-electron chi connectivity index (χ1n) is 9.03. The van der Waals surface area contributed by atoms with Crippen molar-refractivity contribution in [3.05, 3.63) is 45.1 Å². The SMILES string of the molecule is COc1nc(N(Cc2c(C)c3c(c(F)c2F)CCC3)C(=O)CCl)nc(C)c1C. The van der Waals surface area contributed by atoms with Crippen LogP contribution in [0.15, 0.2) is 0 Å². The number of anilines is 1. The van der Waals surface area contributed by atoms with E-state index in [9.17, 15) is 13.6 Å². The quantitative estimate of drug-likeness (QED) is 0.702. The third-order valence-corrected chi connectivity index (χ3v) is 5.57. The molecule has 28 heavy (non-hydrogen) atoms. The van der Waals surface area contributed by atoms with Crippen LogP contribution in [0.1, 0.15) is 39.9 Å². The monoisotopic (exact) mass is 409 g/mol. The second kappa shape index (κ2) is 7.99. The van der Waals surface area contributed by atoms with E-state index in [1.54, 1.807) is 20.8 Å². The topological polar surface area (TPSA) is 55.3 Å². The zero-order valence-corrected chi connectivity index (χ0v) is 17.1. The van der Waals surface area contributed by atoms with Crippen LogP contribution >= 0.6 is 11.6 Å². The van der Waals surface area contributed by atoms with Gasteiger partial charge in [0.15, 0.2) is 11.6 Å². The van der Waals surface area contributed by atoms with Gasteiger partial charge in [-0.3, -0.25) is 9.69 Å². The molecule has 0 atom stereocenters. The zero-order valence-electron chi connectivity index (χ0n) is 16.3. The van der Waals surface area contributed by atoms with Gasteiger partial charge in [0.05, 0.1) is 13.7 Å². The van der Waals surface area contributed by atoms with E-state index >= 15 is 0 Å². The highest BCUT2D eigenvalue weighted by Crippen LogP contribution is 2.33. The number of amides is 1. The number of carbonyl (C=O) groups excluding carboxylic acids is 1. The first kappa shape index (κ1) is 20.5. The lowest BCUT2D eigenvalue weighted by Gasteiger charge is -2.23. The number of methoxy groups -OCH3 is 1. The first-order valence-corrected chi connectivity index (χ1v) is 9.57. The molecule has 0 saturated carbocycles. The molecule has 0 spiro atoms. The first-order chi connectivity index (χ1) is 13.3. The standard InChI is InChI=1S/C20H22ClF2N3O2/c1-10-12(3)24-20(25-19(10)28-4)26(16(27)8-21)9-15-11(2)13-6-5-7-14(13)17(22)18(15)23/h5-9H2,1-4H3. The summed E-state index contributed by atoms with van der Waals surface area (Å²) < 4.78 is 34.6. The Kier molecular flexibility index (Phi) is 5.84. The van der Waals surface area contributed by atoms with E-state index in [2.05, 4.69) is 9.97 Å². The third kappa shape index (κ3) is 3.43. The summed E-state index contributed by atoms with van der Waals surface area (Å²) in [7, 11) is 1.46. The van der Waals surface area contributed by atoms with Gasteiger partial charge in [0, 0.05) is 16.8 Å². The van der Waals surface area contributed by atoms with Crippen LogP contribution in [0.25, 0.3) is 0 Å². The number of hydrogen-bond acceptors (Lipinski definition) is 4. The summed E-state index contributed by atoms with van der Waals surface area (Å²) in [6, 6.07) is 0. The minimum absolute atomic E-state index is 0.0466. The van der Waals surface area contributed by atoms with Crippen molar-refractivity contribution in [2.45, 2.75) is 46.6 Å². The van der Waals surface area contributed by atoms with Crippen LogP contribution in [-0.2, 0) is 24.2 Å². The molecule has 1 aliphatic rings. The number of benzene rings is 1. The fraction of sp³-hybridized carbons (Fsp3) is 0.450. The summed E-state index contributed by atoms with van der Waals surface area (Å²) in [5.74, 6) is -2.25. The molecule has 150 valence electrons. The third-order valence-electron chi connectivity index (χ3n) is 5.34. The Morgan fingerprint density at radius 2 is 1.79 bits per heavy atom. The van der Waals surface area contributed by atoms with Gasteiger partial charge in [0.1, 0.15) is 5.88 Å². The minimum Gasteiger partial charge on any atom is -0.481 e. The molecule has 1 heterocycles. The average molecular weight is 410 g/mol. The van der Waals surface area contributed by atoms with E-state index < -0.39 is 17.5 Å². The van der Waals surface area contributed by atoms with Gasteiger partial charge in [-0.2, -0.15) is 4.98 Å². The van der Waals surface area contributed by atoms with Gasteiger partial charge in [-0.05, 0) is 56.7 Å². The van der Waals surface area contributed by atoms with E-state index in [-0.39, 0.29) is 23.9 Å². The Balaban J connectivity index is 2.11. The molecule has 2 aromatic rings. The number of aryl methyl sites for hydroxylation is 1. The number of rotatable bonds is 5. The van der Waals surface area contributed by atoms with Gasteiger partial charge >= 0.3 is 0 Å². The lowest BCUT2D eigenvalue weighted by molar-refractivity contribution is -0.116. The fourth-order valence-corrected chi connectivity index (χ4v) is 3.75. The number of nitrogens with zero attached hydrogens (tertiary/aromatic N) is 3. The number of alkyl halides is 1. The van der Waals surface area contributed by atoms with Crippen LogP contribution < -0.4 is 9.64 Å². The molecule has 0 bridgehead atoms. The summed E-state index contributed by atoms with van der Waals surface area (Å²) in [6.45, 7) is 5.10. The van der Waals surface area contributed by atoms with Gasteiger partial charge in [0.25, 0.3) is 0 Å². The Morgan fingerprint density at radius 3 is 2.43 bits per heavy atom. The molecular weight excluding hydrogens is 388 g/mol. The summed E-state index contributed by atoms with van der Waals surface area (Å²) in [6.07, 6.45) is 2.02. The van der Waals surface area contributed by atoms with Crippen LogP contribution in [0.5, 0.6) is 5.88 Å². The lowest BCUT2D eigenvalue weighted by Crippen LogP contribution is -2.34. The summed E-state index contributed by atoms with van der Waals surface area (Å²) in [4.78, 5) is 22.3. The summed E-state index contributed by atoms with van der Waals surface area (Å²) in [5, 5.41) is 0. The number of halogens is 3. The van der Waals surface area contributed by atoms with Crippen molar-refractivity contribution in [3.8, 4) is 5.88 Å². The molecule has 0 N–H and O–H groups in total. The van der Waals surface area contributed by atoms with E-state index in [4.69, 9.17) is 16.3 Å². The van der Waals surface area contributed by atoms with Crippen molar-refractivity contribution in [2.24, 2.45) is 0 Å². The smallest absolute Gasteiger partial charge is 0.244 e. The molecule has 1 aliphatic carbocycles. The lowest BCUT2D eigenvalue weighted by atomic mass is 9.97. The molecule has 1 aromatic carbocycles. The minimum atomic E-state index is -0.929. The molecule has 0 aliphatic heterocycles. The summed E-state index contributed by atoms with van der Waals surface area (Å²) >= 11 is 5.77. The predicted molar refractivity (Wildman–Crippen MR) is 103 cm³/mol. The van der Waals surface area contributed by atoms with E-state index in [0.29, 0.717) is 35.5 Å². The van der Waals surface area contributed by atoms with Crippen molar-refractivity contribution < 1.29 is 18.3 Å². The molecule has 3 rings (SSSR count). The molecule has 0 saturated heterocycles. The predicted octanol–water partition coefficient (Wildman–Crippen LogP) is 3.95. The second-order valence-corrected chi connectivity index (χ2v) is 7.17. The number of hydrogen-bond donors (Lipinski definition) is 0. The van der Waals surface area contributed by atoms with Crippen LogP contribution in [0.3, 0.4) is 0 Å². The normalized spacial score (nSPS) is 12.8. The molecule has 0 fully saturated rings. The zero-order chi connectivity index (χ0) is 20.6. The Hall–Kier alpha value is -2.28. The molecule has 0 radical (unpaired) electrons. The largest absolute Gasteiger partial charge is 0.481 e. The van der Waals surface area contributed by atoms with Crippen LogP contribution in [-0.4, -0.2) is 28.9 Å². The van der Waals surface area contributed by atoms with Crippen molar-refractivity contribution >= 4 is 23.5 Å². The maximum absolute atomic E-state index is 14.8. The molecule has 1 amide bonds. The molecule has 1 aromatic heterocycles. The van der Waals surface area contributed by atoms with E-state index in [1.807, 2.05) is 0 Å². The van der Waals surface area contributed by atoms with Crippen molar-refractivity contribution in [2.75, 3.05) is 17.9 Å². The van der Waals surface area contributed by atoms with E-state index in [1.165, 1.54) is 12.0 Å². The van der Waals surface area contributed by atoms with Gasteiger partial charge in [-0.1, -0.05) is 0 Å². The van der Waals surface area contributed by atoms with Crippen LogP contribution in [0.2, 0.25) is 0 Å². The van der Waals surface area contributed by atoms with Gasteiger partial charge in [-0.15, -0.1) is 11.6 Å². The van der Waals surface area contributed by atoms with E-state index in [0.717, 1.165) is 17.5 Å². The molecule has 5 nitrogen and oxygen atoms in total.